The van der Waals surface area contributed by atoms with Crippen molar-refractivity contribution in [2.24, 2.45) is 0 Å². The summed E-state index contributed by atoms with van der Waals surface area (Å²) >= 11 is 0. The summed E-state index contributed by atoms with van der Waals surface area (Å²) in [5, 5.41) is 0. The van der Waals surface area contributed by atoms with E-state index in [1.807, 2.05) is 30.3 Å². The van der Waals surface area contributed by atoms with Gasteiger partial charge in [-0.15, -0.1) is 24.8 Å². The Kier molecular flexibility index (Phi) is 10.1. The van der Waals surface area contributed by atoms with Crippen LogP contribution in [0.1, 0.15) is 5.56 Å². The van der Waals surface area contributed by atoms with E-state index in [0.717, 1.165) is 6.16 Å². The van der Waals surface area contributed by atoms with Gasteiger partial charge in [-0.3, -0.25) is 0 Å². The Morgan fingerprint density at radius 2 is 1.64 bits per heavy atom. The summed E-state index contributed by atoms with van der Waals surface area (Å²) in [7, 11) is -0.625. The van der Waals surface area contributed by atoms with E-state index < -0.39 is 8.46 Å². The third-order valence-corrected chi connectivity index (χ3v) is 1.80. The molecular weight excluding hydrogens is 202 g/mol. The van der Waals surface area contributed by atoms with Gasteiger partial charge < -0.3 is 4.57 Å². The predicted octanol–water partition coefficient (Wildman–Crippen LogP) is 2.79. The first kappa shape index (κ1) is 13.6. The van der Waals surface area contributed by atoms with Gasteiger partial charge in [0.2, 0.25) is 0 Å². The molecule has 4 heteroatoms. The topological polar surface area (TPSA) is 17.1 Å². The maximum absolute atomic E-state index is 10.2. The van der Waals surface area contributed by atoms with Crippen molar-refractivity contribution in [3.8, 4) is 0 Å². The van der Waals surface area contributed by atoms with Gasteiger partial charge in [-0.25, -0.2) is 0 Å². The van der Waals surface area contributed by atoms with E-state index >= 15 is 0 Å². The second-order valence-electron chi connectivity index (χ2n) is 1.86. The second-order valence-corrected chi connectivity index (χ2v) is 2.60. The van der Waals surface area contributed by atoms with Gasteiger partial charge in [0, 0.05) is 6.16 Å². The molecule has 0 radical (unpaired) electrons. The zero-order valence-corrected chi connectivity index (χ0v) is 8.68. The minimum Gasteiger partial charge on any atom is -0.330 e. The first-order valence-corrected chi connectivity index (χ1v) is 4.20. The highest BCUT2D eigenvalue weighted by molar-refractivity contribution is 7.22. The fourth-order valence-electron chi connectivity index (χ4n) is 0.710. The lowest BCUT2D eigenvalue weighted by atomic mass is 10.2. The summed E-state index contributed by atoms with van der Waals surface area (Å²) in [6, 6.07) is 9.87. The molecule has 11 heavy (non-hydrogen) atoms. The lowest BCUT2D eigenvalue weighted by molar-refractivity contribution is 0.598. The smallest absolute Gasteiger partial charge is 0.0687 e. The molecule has 0 saturated carbocycles. The van der Waals surface area contributed by atoms with Gasteiger partial charge in [-0.2, -0.15) is 0 Å². The summed E-state index contributed by atoms with van der Waals surface area (Å²) in [4.78, 5) is 0. The van der Waals surface area contributed by atoms with E-state index in [0.29, 0.717) is 0 Å². The monoisotopic (exact) mass is 212 g/mol. The Bertz CT molecular complexity index is 191. The van der Waals surface area contributed by atoms with Crippen LogP contribution < -0.4 is 0 Å². The van der Waals surface area contributed by atoms with Crippen molar-refractivity contribution >= 4 is 33.3 Å². The Hall–Kier alpha value is 0.0300. The highest BCUT2D eigenvalue weighted by Crippen LogP contribution is 2.06. The van der Waals surface area contributed by atoms with Gasteiger partial charge in [0.25, 0.3) is 0 Å². The number of rotatable bonds is 2. The quantitative estimate of drug-likeness (QED) is 0.690. The maximum Gasteiger partial charge on any atom is 0.0687 e. The highest BCUT2D eigenvalue weighted by atomic mass is 35.5. The van der Waals surface area contributed by atoms with Crippen LogP contribution in [0.5, 0.6) is 0 Å². The van der Waals surface area contributed by atoms with Gasteiger partial charge in [-0.1, -0.05) is 30.3 Å². The molecule has 0 aliphatic heterocycles. The lowest BCUT2D eigenvalue weighted by Crippen LogP contribution is -1.71. The second kappa shape index (κ2) is 8.13. The van der Waals surface area contributed by atoms with E-state index in [1.165, 1.54) is 5.56 Å². The van der Waals surface area contributed by atoms with Gasteiger partial charge >= 0.3 is 0 Å². The Balaban J connectivity index is 0. The molecule has 1 rings (SSSR count). The normalized spacial score (nSPS) is 8.73. The summed E-state index contributed by atoms with van der Waals surface area (Å²) in [5.41, 5.74) is 1.17. The molecule has 0 aliphatic rings. The molecule has 0 saturated heterocycles. The SMILES string of the molecule is Cl.Cl.O=[PH2]Cc1ccccc1. The number of halogens is 2. The van der Waals surface area contributed by atoms with E-state index in [1.54, 1.807) is 0 Å². The van der Waals surface area contributed by atoms with Crippen molar-refractivity contribution in [1.29, 1.82) is 0 Å². The number of hydrogen-bond acceptors (Lipinski definition) is 1. The van der Waals surface area contributed by atoms with Crippen LogP contribution in [0.15, 0.2) is 30.3 Å². The van der Waals surface area contributed by atoms with Crippen molar-refractivity contribution in [2.75, 3.05) is 0 Å². The highest BCUT2D eigenvalue weighted by Gasteiger charge is 1.83. The number of benzene rings is 1. The summed E-state index contributed by atoms with van der Waals surface area (Å²) in [6.45, 7) is 0. The first-order chi connectivity index (χ1) is 4.43. The predicted molar refractivity (Wildman–Crippen MR) is 55.0 cm³/mol. The molecule has 1 aromatic rings. The summed E-state index contributed by atoms with van der Waals surface area (Å²) in [5.74, 6) is 0. The third kappa shape index (κ3) is 5.32. The van der Waals surface area contributed by atoms with E-state index in [4.69, 9.17) is 0 Å². The average Bonchev–Trinajstić information content (AvgIpc) is 1.91. The lowest BCUT2D eigenvalue weighted by Gasteiger charge is -1.89. The van der Waals surface area contributed by atoms with E-state index in [2.05, 4.69) is 0 Å². The molecule has 0 aliphatic carbocycles. The maximum atomic E-state index is 10.2. The van der Waals surface area contributed by atoms with Gasteiger partial charge in [0.15, 0.2) is 0 Å². The molecular formula is C7H11Cl2OP. The summed E-state index contributed by atoms with van der Waals surface area (Å²) in [6.07, 6.45) is 0.737. The Morgan fingerprint density at radius 3 is 2.09 bits per heavy atom. The molecule has 1 unspecified atom stereocenters. The fourth-order valence-corrected chi connectivity index (χ4v) is 1.17. The Morgan fingerprint density at radius 1 is 1.09 bits per heavy atom. The van der Waals surface area contributed by atoms with Crippen LogP contribution in [-0.4, -0.2) is 0 Å². The third-order valence-electron chi connectivity index (χ3n) is 1.16. The zero-order chi connectivity index (χ0) is 6.53. The van der Waals surface area contributed by atoms with Crippen LogP contribution in [-0.2, 0) is 10.7 Å². The average molecular weight is 213 g/mol. The van der Waals surface area contributed by atoms with Gasteiger partial charge in [0.05, 0.1) is 8.46 Å². The van der Waals surface area contributed by atoms with E-state index in [-0.39, 0.29) is 24.8 Å². The van der Waals surface area contributed by atoms with Crippen LogP contribution in [0, 0.1) is 0 Å². The van der Waals surface area contributed by atoms with Gasteiger partial charge in [0.1, 0.15) is 0 Å². The molecule has 1 atom stereocenters. The first-order valence-electron chi connectivity index (χ1n) is 2.91. The van der Waals surface area contributed by atoms with Crippen LogP contribution in [0.4, 0.5) is 0 Å². The minimum absolute atomic E-state index is 0. The fraction of sp³-hybridized carbons (Fsp3) is 0.143. The molecule has 0 bridgehead atoms. The molecule has 64 valence electrons. The van der Waals surface area contributed by atoms with Crippen molar-refractivity contribution in [3.05, 3.63) is 35.9 Å². The number of hydrogen-bond donors (Lipinski definition) is 0. The molecule has 0 heterocycles. The van der Waals surface area contributed by atoms with Crippen molar-refractivity contribution in [1.82, 2.24) is 0 Å². The molecule has 0 spiro atoms. The largest absolute Gasteiger partial charge is 0.330 e. The molecule has 0 N–H and O–H groups in total. The van der Waals surface area contributed by atoms with Gasteiger partial charge in [-0.05, 0) is 5.56 Å². The van der Waals surface area contributed by atoms with Crippen molar-refractivity contribution < 1.29 is 4.57 Å². The zero-order valence-electron chi connectivity index (χ0n) is 5.90. The molecule has 1 aromatic carbocycles. The van der Waals surface area contributed by atoms with Crippen LogP contribution >= 0.6 is 33.3 Å². The summed E-state index contributed by atoms with van der Waals surface area (Å²) < 4.78 is 10.2. The van der Waals surface area contributed by atoms with Crippen LogP contribution in [0.25, 0.3) is 0 Å². The molecule has 1 nitrogen and oxygen atoms in total. The minimum atomic E-state index is -0.625. The molecule has 0 fully saturated rings. The van der Waals surface area contributed by atoms with Crippen LogP contribution in [0.2, 0.25) is 0 Å². The molecule has 0 aromatic heterocycles. The van der Waals surface area contributed by atoms with Crippen LogP contribution in [0.3, 0.4) is 0 Å². The van der Waals surface area contributed by atoms with E-state index in [9.17, 15) is 4.57 Å². The Labute approximate surface area is 80.2 Å². The van der Waals surface area contributed by atoms with Crippen molar-refractivity contribution in [3.63, 3.8) is 0 Å². The van der Waals surface area contributed by atoms with Crippen molar-refractivity contribution in [2.45, 2.75) is 6.16 Å². The molecule has 0 amide bonds. The standard InChI is InChI=1S/C7H9OP.2ClH/c8-9-6-7-4-2-1-3-5-7;;/h1-5H,6,9H2;2*1H.